The van der Waals surface area contributed by atoms with Crippen LogP contribution in [0, 0.1) is 30.2 Å². The summed E-state index contributed by atoms with van der Waals surface area (Å²) in [6.45, 7) is 2.52. The molecule has 0 aliphatic carbocycles. The second-order valence-electron chi connectivity index (χ2n) is 7.15. The van der Waals surface area contributed by atoms with E-state index in [-0.39, 0.29) is 25.1 Å². The van der Waals surface area contributed by atoms with E-state index in [0.717, 1.165) is 22.0 Å². The van der Waals surface area contributed by atoms with Crippen LogP contribution in [0.5, 0.6) is 0 Å². The maximum atomic E-state index is 13.9. The van der Waals surface area contributed by atoms with E-state index in [0.29, 0.717) is 12.8 Å². The van der Waals surface area contributed by atoms with Crippen molar-refractivity contribution in [2.24, 2.45) is 0 Å². The molecule has 146 valence electrons. The minimum absolute atomic E-state index is 0.104. The first-order chi connectivity index (χ1) is 13.4. The maximum absolute atomic E-state index is 13.9. The second-order valence-corrected chi connectivity index (χ2v) is 7.15. The zero-order valence-corrected chi connectivity index (χ0v) is 15.2. The Balaban J connectivity index is 1.55. The summed E-state index contributed by atoms with van der Waals surface area (Å²) in [5, 5.41) is 1.12. The molecular weight excluding hydrogens is 372 g/mol. The van der Waals surface area contributed by atoms with Gasteiger partial charge in [0.25, 0.3) is 5.91 Å². The number of aromatic nitrogens is 1. The molecule has 7 heteroatoms. The molecule has 0 radical (unpaired) electrons. The zero-order valence-electron chi connectivity index (χ0n) is 15.2. The molecule has 1 aliphatic heterocycles. The molecule has 1 fully saturated rings. The van der Waals surface area contributed by atoms with Gasteiger partial charge in [-0.2, -0.15) is 0 Å². The predicted molar refractivity (Wildman–Crippen MR) is 97.2 cm³/mol. The van der Waals surface area contributed by atoms with Crippen LogP contribution in [0.2, 0.25) is 0 Å². The average Bonchev–Trinajstić information content (AvgIpc) is 3.12. The number of amides is 1. The Bertz CT molecular complexity index is 1040. The van der Waals surface area contributed by atoms with E-state index < -0.39 is 34.7 Å². The number of hydrogen-bond acceptors (Lipinski definition) is 1. The number of para-hydroxylation sites is 1. The van der Waals surface area contributed by atoms with Crippen molar-refractivity contribution >= 4 is 16.8 Å². The Labute approximate surface area is 159 Å². The highest BCUT2D eigenvalue weighted by Gasteiger charge is 2.31. The van der Waals surface area contributed by atoms with Gasteiger partial charge in [-0.05, 0) is 36.8 Å². The Morgan fingerprint density at radius 2 is 1.71 bits per heavy atom. The van der Waals surface area contributed by atoms with E-state index >= 15 is 0 Å². The lowest BCUT2D eigenvalue weighted by Gasteiger charge is -2.32. The largest absolute Gasteiger partial charge is 0.361 e. The van der Waals surface area contributed by atoms with Crippen LogP contribution in [0.4, 0.5) is 17.6 Å². The third-order valence-electron chi connectivity index (χ3n) is 5.50. The van der Waals surface area contributed by atoms with Crippen LogP contribution in [0.3, 0.4) is 0 Å². The third-order valence-corrected chi connectivity index (χ3v) is 5.50. The summed E-state index contributed by atoms with van der Waals surface area (Å²) in [4.78, 5) is 17.0. The molecule has 1 aromatic heterocycles. The first-order valence-corrected chi connectivity index (χ1v) is 9.07. The highest BCUT2D eigenvalue weighted by Crippen LogP contribution is 2.34. The fourth-order valence-electron chi connectivity index (χ4n) is 3.98. The van der Waals surface area contributed by atoms with Gasteiger partial charge in [0.1, 0.15) is 5.56 Å². The van der Waals surface area contributed by atoms with Crippen LogP contribution in [0.15, 0.2) is 30.5 Å². The molecule has 2 heterocycles. The van der Waals surface area contributed by atoms with Crippen molar-refractivity contribution in [2.75, 3.05) is 13.1 Å². The summed E-state index contributed by atoms with van der Waals surface area (Å²) in [5.74, 6) is -7.31. The average molecular weight is 390 g/mol. The van der Waals surface area contributed by atoms with Gasteiger partial charge in [0, 0.05) is 36.3 Å². The normalized spacial score (nSPS) is 15.4. The molecule has 1 aliphatic rings. The van der Waals surface area contributed by atoms with E-state index in [1.165, 1.54) is 4.90 Å². The Hall–Kier alpha value is -2.83. The number of carbonyl (C=O) groups is 1. The van der Waals surface area contributed by atoms with Crippen molar-refractivity contribution < 1.29 is 22.4 Å². The van der Waals surface area contributed by atoms with Crippen molar-refractivity contribution in [2.45, 2.75) is 25.7 Å². The topological polar surface area (TPSA) is 36.1 Å². The first kappa shape index (κ1) is 18.5. The quantitative estimate of drug-likeness (QED) is 0.482. The number of halogens is 4. The highest BCUT2D eigenvalue weighted by molar-refractivity contribution is 5.95. The molecule has 1 amide bonds. The Kier molecular flexibility index (Phi) is 4.61. The van der Waals surface area contributed by atoms with Gasteiger partial charge in [0.2, 0.25) is 0 Å². The number of nitrogens with zero attached hydrogens (tertiary/aromatic N) is 1. The lowest BCUT2D eigenvalue weighted by Crippen LogP contribution is -2.39. The number of nitrogens with one attached hydrogen (secondary N) is 1. The van der Waals surface area contributed by atoms with Crippen molar-refractivity contribution in [1.29, 1.82) is 0 Å². The van der Waals surface area contributed by atoms with E-state index in [9.17, 15) is 22.4 Å². The number of rotatable bonds is 2. The molecule has 1 saturated heterocycles. The predicted octanol–water partition coefficient (Wildman–Crippen LogP) is 5.05. The van der Waals surface area contributed by atoms with Gasteiger partial charge in [-0.1, -0.05) is 18.2 Å². The number of benzene rings is 2. The second kappa shape index (κ2) is 6.96. The summed E-state index contributed by atoms with van der Waals surface area (Å²) in [5.41, 5.74) is 2.17. The first-order valence-electron chi connectivity index (χ1n) is 9.07. The monoisotopic (exact) mass is 390 g/mol. The van der Waals surface area contributed by atoms with Crippen LogP contribution in [0.1, 0.15) is 40.2 Å². The van der Waals surface area contributed by atoms with Gasteiger partial charge in [-0.25, -0.2) is 17.6 Å². The molecule has 3 nitrogen and oxygen atoms in total. The van der Waals surface area contributed by atoms with E-state index in [4.69, 9.17) is 0 Å². The van der Waals surface area contributed by atoms with E-state index in [2.05, 4.69) is 4.98 Å². The molecule has 0 bridgehead atoms. The van der Waals surface area contributed by atoms with E-state index in [1.807, 2.05) is 31.3 Å². The fourth-order valence-corrected chi connectivity index (χ4v) is 3.98. The Morgan fingerprint density at radius 1 is 1.07 bits per heavy atom. The number of H-pyrrole nitrogens is 1. The SMILES string of the molecule is Cc1cccc2c(C3CCN(C(=O)c4c(F)c(F)cc(F)c4F)CC3)c[nH]c12. The molecule has 0 saturated carbocycles. The molecule has 28 heavy (non-hydrogen) atoms. The zero-order chi connectivity index (χ0) is 20.0. The number of likely N-dealkylation sites (tertiary alicyclic amines) is 1. The minimum atomic E-state index is -1.65. The van der Waals surface area contributed by atoms with Crippen molar-refractivity contribution in [3.05, 3.63) is 70.4 Å². The molecule has 2 aromatic carbocycles. The van der Waals surface area contributed by atoms with Crippen LogP contribution < -0.4 is 0 Å². The fraction of sp³-hybridized carbons (Fsp3) is 0.286. The van der Waals surface area contributed by atoms with Crippen LogP contribution >= 0.6 is 0 Å². The highest BCUT2D eigenvalue weighted by atomic mass is 19.2. The molecule has 0 atom stereocenters. The number of aryl methyl sites for hydroxylation is 1. The van der Waals surface area contributed by atoms with Crippen molar-refractivity contribution in [1.82, 2.24) is 9.88 Å². The van der Waals surface area contributed by atoms with Crippen LogP contribution in [0.25, 0.3) is 10.9 Å². The van der Waals surface area contributed by atoms with Crippen LogP contribution in [-0.4, -0.2) is 28.9 Å². The number of carbonyl (C=O) groups excluding carboxylic acids is 1. The van der Waals surface area contributed by atoms with Crippen molar-refractivity contribution in [3.63, 3.8) is 0 Å². The third kappa shape index (κ3) is 2.95. The lowest BCUT2D eigenvalue weighted by atomic mass is 9.88. The summed E-state index contributed by atoms with van der Waals surface area (Å²) >= 11 is 0. The maximum Gasteiger partial charge on any atom is 0.260 e. The molecule has 4 rings (SSSR count). The van der Waals surface area contributed by atoms with Gasteiger partial charge in [0.15, 0.2) is 23.3 Å². The van der Waals surface area contributed by atoms with Gasteiger partial charge in [-0.3, -0.25) is 4.79 Å². The summed E-state index contributed by atoms with van der Waals surface area (Å²) in [7, 11) is 0. The summed E-state index contributed by atoms with van der Waals surface area (Å²) in [6.07, 6.45) is 3.14. The number of hydrogen-bond donors (Lipinski definition) is 1. The smallest absolute Gasteiger partial charge is 0.260 e. The van der Waals surface area contributed by atoms with Gasteiger partial charge in [0.05, 0.1) is 0 Å². The number of fused-ring (bicyclic) bond motifs is 1. The standard InChI is InChI=1S/C21H18F4N2O/c1-11-3-2-4-13-14(10-26-20(11)13)12-5-7-27(8-6-12)21(28)17-18(24)15(22)9-16(23)19(17)25/h2-4,9-10,12,26H,5-8H2,1H3. The van der Waals surface area contributed by atoms with Crippen molar-refractivity contribution in [3.8, 4) is 0 Å². The molecule has 0 spiro atoms. The molecule has 3 aromatic rings. The Morgan fingerprint density at radius 3 is 2.36 bits per heavy atom. The number of piperidine rings is 1. The van der Waals surface area contributed by atoms with Gasteiger partial charge < -0.3 is 9.88 Å². The lowest BCUT2D eigenvalue weighted by molar-refractivity contribution is 0.0700. The summed E-state index contributed by atoms with van der Waals surface area (Å²) in [6, 6.07) is 6.14. The minimum Gasteiger partial charge on any atom is -0.361 e. The van der Waals surface area contributed by atoms with Gasteiger partial charge in [-0.15, -0.1) is 0 Å². The molecule has 1 N–H and O–H groups in total. The van der Waals surface area contributed by atoms with E-state index in [1.54, 1.807) is 0 Å². The van der Waals surface area contributed by atoms with Gasteiger partial charge >= 0.3 is 0 Å². The molecule has 0 unspecified atom stereocenters. The number of aromatic amines is 1. The van der Waals surface area contributed by atoms with Crippen LogP contribution in [-0.2, 0) is 0 Å². The summed E-state index contributed by atoms with van der Waals surface area (Å²) < 4.78 is 54.7. The molecular formula is C21H18F4N2O.